The van der Waals surface area contributed by atoms with Crippen LogP contribution < -0.4 is 9.50 Å². The Bertz CT molecular complexity index is 1070. The van der Waals surface area contributed by atoms with Crippen LogP contribution in [0, 0.1) is 13.8 Å². The Kier molecular flexibility index (Phi) is 7.32. The number of amides is 1. The van der Waals surface area contributed by atoms with E-state index in [1.165, 1.54) is 30.3 Å². The summed E-state index contributed by atoms with van der Waals surface area (Å²) < 4.78 is 71.3. The molecule has 1 N–H and O–H groups in total. The minimum atomic E-state index is -4.59. The van der Waals surface area contributed by atoms with Crippen LogP contribution in [0.2, 0.25) is 0 Å². The fourth-order valence-corrected chi connectivity index (χ4v) is 3.65. The molecule has 0 aliphatic rings. The van der Waals surface area contributed by atoms with E-state index in [-0.39, 0.29) is 16.2 Å². The van der Waals surface area contributed by atoms with Crippen molar-refractivity contribution in [3.8, 4) is 5.75 Å². The van der Waals surface area contributed by atoms with Gasteiger partial charge in [0.1, 0.15) is 17.2 Å². The molecule has 0 radical (unpaired) electrons. The van der Waals surface area contributed by atoms with Crippen molar-refractivity contribution >= 4 is 22.0 Å². The number of hydrogen-bond acceptors (Lipinski definition) is 6. The predicted octanol–water partition coefficient (Wildman–Crippen LogP) is 3.29. The smallest absolute Gasteiger partial charge is 0.405 e. The van der Waals surface area contributed by atoms with Crippen LogP contribution in [0.3, 0.4) is 0 Å². The summed E-state index contributed by atoms with van der Waals surface area (Å²) in [7, 11) is -4.11. The Morgan fingerprint density at radius 1 is 1.06 bits per heavy atom. The molecule has 1 amide bonds. The predicted molar refractivity (Wildman–Crippen MR) is 104 cm³/mol. The minimum Gasteiger partial charge on any atom is -0.449 e. The topological polar surface area (TPSA) is 98.8 Å². The Morgan fingerprint density at radius 2 is 1.68 bits per heavy atom. The van der Waals surface area contributed by atoms with E-state index < -0.39 is 40.8 Å². The average molecular weight is 459 g/mol. The first-order valence-corrected chi connectivity index (χ1v) is 10.4. The van der Waals surface area contributed by atoms with Crippen molar-refractivity contribution in [3.05, 3.63) is 59.2 Å². The van der Waals surface area contributed by atoms with E-state index in [1.54, 1.807) is 31.3 Å². The van der Waals surface area contributed by atoms with Crippen LogP contribution >= 0.6 is 0 Å². The molecular weight excluding hydrogens is 439 g/mol. The van der Waals surface area contributed by atoms with Gasteiger partial charge in [-0.1, -0.05) is 12.1 Å². The number of carbonyl (C=O) groups is 2. The van der Waals surface area contributed by atoms with Gasteiger partial charge >= 0.3 is 22.3 Å². The molecule has 0 bridgehead atoms. The average Bonchev–Trinajstić information content (AvgIpc) is 2.67. The summed E-state index contributed by atoms with van der Waals surface area (Å²) in [5.41, 5.74) is 1.19. The molecule has 0 saturated heterocycles. The molecule has 0 aromatic heterocycles. The molecule has 0 spiro atoms. The number of esters is 1. The quantitative estimate of drug-likeness (QED) is 0.504. The van der Waals surface area contributed by atoms with Gasteiger partial charge in [-0.25, -0.2) is 4.79 Å². The molecule has 1 atom stereocenters. The van der Waals surface area contributed by atoms with Crippen molar-refractivity contribution < 1.29 is 40.1 Å². The molecule has 0 heterocycles. The molecule has 0 saturated carbocycles. The number of ether oxygens (including phenoxy) is 1. The molecule has 0 fully saturated rings. The third-order valence-electron chi connectivity index (χ3n) is 4.03. The maximum absolute atomic E-state index is 12.5. The zero-order chi connectivity index (χ0) is 23.4. The molecule has 0 aliphatic heterocycles. The number of carbonyl (C=O) groups excluding carboxylic acids is 2. The Labute approximate surface area is 177 Å². The van der Waals surface area contributed by atoms with E-state index in [0.717, 1.165) is 12.5 Å². The number of benzene rings is 2. The second-order valence-corrected chi connectivity index (χ2v) is 8.23. The standard InChI is InChI=1S/C20H20F3NO6S/c1-12-4-5-13(2)17(10-12)31(27,28)30-16-8-6-15(7-9-16)19(26)29-14(3)18(25)24-11-20(21,22)23/h4-10,14H,11H2,1-3H3,(H,24,25)/t14-/m0/s1. The molecule has 2 aromatic carbocycles. The Balaban J connectivity index is 2.03. The van der Waals surface area contributed by atoms with Crippen LogP contribution in [0.5, 0.6) is 5.75 Å². The first-order chi connectivity index (χ1) is 14.3. The highest BCUT2D eigenvalue weighted by Gasteiger charge is 2.29. The summed E-state index contributed by atoms with van der Waals surface area (Å²) in [4.78, 5) is 23.7. The normalized spacial score (nSPS) is 12.7. The van der Waals surface area contributed by atoms with Gasteiger partial charge in [0.15, 0.2) is 6.10 Å². The molecular formula is C20H20F3NO6S. The highest BCUT2D eigenvalue weighted by Crippen LogP contribution is 2.23. The molecule has 168 valence electrons. The van der Waals surface area contributed by atoms with Gasteiger partial charge in [0, 0.05) is 0 Å². The van der Waals surface area contributed by atoms with Crippen molar-refractivity contribution in [2.45, 2.75) is 37.9 Å². The fourth-order valence-electron chi connectivity index (χ4n) is 2.41. The van der Waals surface area contributed by atoms with Crippen LogP contribution in [0.25, 0.3) is 0 Å². The second kappa shape index (κ2) is 9.38. The number of hydrogen-bond donors (Lipinski definition) is 1. The Morgan fingerprint density at radius 3 is 2.26 bits per heavy atom. The van der Waals surface area contributed by atoms with Gasteiger partial charge in [-0.15, -0.1) is 0 Å². The first-order valence-electron chi connectivity index (χ1n) is 8.96. The van der Waals surface area contributed by atoms with Crippen molar-refractivity contribution in [3.63, 3.8) is 0 Å². The summed E-state index contributed by atoms with van der Waals surface area (Å²) in [6.45, 7) is 2.94. The van der Waals surface area contributed by atoms with E-state index >= 15 is 0 Å². The van der Waals surface area contributed by atoms with E-state index in [1.807, 2.05) is 0 Å². The zero-order valence-electron chi connectivity index (χ0n) is 16.8. The molecule has 0 aliphatic carbocycles. The number of aryl methyl sites for hydroxylation is 2. The van der Waals surface area contributed by atoms with Crippen LogP contribution in [-0.2, 0) is 19.6 Å². The lowest BCUT2D eigenvalue weighted by atomic mass is 10.2. The van der Waals surface area contributed by atoms with Crippen molar-refractivity contribution in [1.82, 2.24) is 5.32 Å². The summed E-state index contributed by atoms with van der Waals surface area (Å²) in [5.74, 6) is -2.14. The maximum atomic E-state index is 12.5. The van der Waals surface area contributed by atoms with Crippen LogP contribution in [0.4, 0.5) is 13.2 Å². The summed E-state index contributed by atoms with van der Waals surface area (Å²) >= 11 is 0. The monoisotopic (exact) mass is 459 g/mol. The van der Waals surface area contributed by atoms with Gasteiger partial charge in [0.05, 0.1) is 5.56 Å². The minimum absolute atomic E-state index is 0.00896. The van der Waals surface area contributed by atoms with E-state index in [4.69, 9.17) is 8.92 Å². The number of halogens is 3. The van der Waals surface area contributed by atoms with E-state index in [2.05, 4.69) is 0 Å². The second-order valence-electron chi connectivity index (χ2n) is 6.71. The van der Waals surface area contributed by atoms with Crippen LogP contribution in [0.15, 0.2) is 47.4 Å². The highest BCUT2D eigenvalue weighted by atomic mass is 32.2. The zero-order valence-corrected chi connectivity index (χ0v) is 17.6. The molecule has 31 heavy (non-hydrogen) atoms. The lowest BCUT2D eigenvalue weighted by molar-refractivity contribution is -0.143. The van der Waals surface area contributed by atoms with Gasteiger partial charge in [-0.05, 0) is 62.2 Å². The number of alkyl halides is 3. The SMILES string of the molecule is Cc1ccc(C)c(S(=O)(=O)Oc2ccc(C(=O)O[C@@H](C)C(=O)NCC(F)(F)F)cc2)c1. The first kappa shape index (κ1) is 24.2. The third kappa shape index (κ3) is 6.99. The van der Waals surface area contributed by atoms with Gasteiger partial charge in [0.25, 0.3) is 5.91 Å². The van der Waals surface area contributed by atoms with Crippen LogP contribution in [-0.4, -0.2) is 39.1 Å². The fraction of sp³-hybridized carbons (Fsp3) is 0.300. The van der Waals surface area contributed by atoms with Gasteiger partial charge < -0.3 is 14.2 Å². The van der Waals surface area contributed by atoms with Crippen molar-refractivity contribution in [2.24, 2.45) is 0 Å². The van der Waals surface area contributed by atoms with E-state index in [0.29, 0.717) is 5.56 Å². The lowest BCUT2D eigenvalue weighted by Crippen LogP contribution is -2.40. The number of rotatable bonds is 7. The Hall–Kier alpha value is -3.08. The third-order valence-corrected chi connectivity index (χ3v) is 5.42. The maximum Gasteiger partial charge on any atom is 0.405 e. The largest absolute Gasteiger partial charge is 0.449 e. The van der Waals surface area contributed by atoms with Crippen LogP contribution in [0.1, 0.15) is 28.4 Å². The lowest BCUT2D eigenvalue weighted by Gasteiger charge is -2.14. The van der Waals surface area contributed by atoms with Gasteiger partial charge in [-0.2, -0.15) is 21.6 Å². The molecule has 2 rings (SSSR count). The van der Waals surface area contributed by atoms with Crippen molar-refractivity contribution in [1.29, 1.82) is 0 Å². The number of nitrogens with one attached hydrogen (secondary N) is 1. The van der Waals surface area contributed by atoms with Gasteiger partial charge in [0.2, 0.25) is 0 Å². The molecule has 0 unspecified atom stereocenters. The molecule has 11 heteroatoms. The van der Waals surface area contributed by atoms with Gasteiger partial charge in [-0.3, -0.25) is 4.79 Å². The highest BCUT2D eigenvalue weighted by molar-refractivity contribution is 7.87. The molecule has 7 nitrogen and oxygen atoms in total. The van der Waals surface area contributed by atoms with Crippen molar-refractivity contribution in [2.75, 3.05) is 6.54 Å². The summed E-state index contributed by atoms with van der Waals surface area (Å²) in [6.07, 6.45) is -6.05. The molecule has 2 aromatic rings. The van der Waals surface area contributed by atoms with E-state index in [9.17, 15) is 31.2 Å². The summed E-state index contributed by atoms with van der Waals surface area (Å²) in [6, 6.07) is 9.73. The summed E-state index contributed by atoms with van der Waals surface area (Å²) in [5, 5.41) is 1.61.